The van der Waals surface area contributed by atoms with Crippen LogP contribution in [-0.2, 0) is 11.2 Å². The Kier molecular flexibility index (Phi) is 4.34. The molecule has 0 bridgehead atoms. The molecule has 3 aromatic carbocycles. The number of carbonyl (C=O) groups is 2. The van der Waals surface area contributed by atoms with Crippen LogP contribution in [0.25, 0.3) is 0 Å². The van der Waals surface area contributed by atoms with E-state index in [1.165, 1.54) is 0 Å². The lowest BCUT2D eigenvalue weighted by Gasteiger charge is -2.13. The van der Waals surface area contributed by atoms with Crippen LogP contribution in [0, 0.1) is 0 Å². The van der Waals surface area contributed by atoms with E-state index in [9.17, 15) is 9.59 Å². The predicted octanol–water partition coefficient (Wildman–Crippen LogP) is 4.25. The van der Waals surface area contributed by atoms with Gasteiger partial charge in [-0.25, -0.2) is 0 Å². The standard InChI is InChI=1S/C22H18N2O3/c1-24-19-12-11-16(13-15(19)14-21(24)25)23-22(26)18-9-5-6-10-20(18)27-17-7-3-2-4-8-17/h2-13H,14H2,1H3,(H,23,26). The Morgan fingerprint density at radius 1 is 1.00 bits per heavy atom. The van der Waals surface area contributed by atoms with Crippen molar-refractivity contribution >= 4 is 23.2 Å². The van der Waals surface area contributed by atoms with E-state index in [1.807, 2.05) is 48.5 Å². The maximum atomic E-state index is 12.8. The summed E-state index contributed by atoms with van der Waals surface area (Å²) < 4.78 is 5.86. The highest BCUT2D eigenvalue weighted by atomic mass is 16.5. The van der Waals surface area contributed by atoms with Crippen molar-refractivity contribution in [2.45, 2.75) is 6.42 Å². The van der Waals surface area contributed by atoms with Crippen molar-refractivity contribution in [2.75, 3.05) is 17.3 Å². The van der Waals surface area contributed by atoms with Crippen LogP contribution in [0.15, 0.2) is 72.8 Å². The van der Waals surface area contributed by atoms with Crippen molar-refractivity contribution in [1.82, 2.24) is 0 Å². The van der Waals surface area contributed by atoms with Gasteiger partial charge in [0.15, 0.2) is 0 Å². The lowest BCUT2D eigenvalue weighted by atomic mass is 10.1. The first-order chi connectivity index (χ1) is 13.1. The van der Waals surface area contributed by atoms with Crippen LogP contribution in [-0.4, -0.2) is 18.9 Å². The van der Waals surface area contributed by atoms with Gasteiger partial charge in [-0.15, -0.1) is 0 Å². The van der Waals surface area contributed by atoms with Crippen LogP contribution in [0.5, 0.6) is 11.5 Å². The number of rotatable bonds is 4. The predicted molar refractivity (Wildman–Crippen MR) is 104 cm³/mol. The summed E-state index contributed by atoms with van der Waals surface area (Å²) in [5.41, 5.74) is 2.88. The van der Waals surface area contributed by atoms with Crippen molar-refractivity contribution in [3.05, 3.63) is 83.9 Å². The van der Waals surface area contributed by atoms with Crippen LogP contribution >= 0.6 is 0 Å². The number of fused-ring (bicyclic) bond motifs is 1. The Labute approximate surface area is 157 Å². The minimum Gasteiger partial charge on any atom is -0.457 e. The van der Waals surface area contributed by atoms with Gasteiger partial charge in [0.05, 0.1) is 12.0 Å². The molecule has 1 aliphatic heterocycles. The molecule has 0 unspecified atom stereocenters. The first-order valence-corrected chi connectivity index (χ1v) is 8.64. The van der Waals surface area contributed by atoms with E-state index in [0.29, 0.717) is 29.2 Å². The summed E-state index contributed by atoms with van der Waals surface area (Å²) >= 11 is 0. The number of hydrogen-bond donors (Lipinski definition) is 1. The van der Waals surface area contributed by atoms with Crippen molar-refractivity contribution in [1.29, 1.82) is 0 Å². The smallest absolute Gasteiger partial charge is 0.259 e. The first-order valence-electron chi connectivity index (χ1n) is 8.64. The summed E-state index contributed by atoms with van der Waals surface area (Å²) in [5, 5.41) is 2.90. The molecule has 5 nitrogen and oxygen atoms in total. The number of benzene rings is 3. The summed E-state index contributed by atoms with van der Waals surface area (Å²) in [7, 11) is 1.75. The van der Waals surface area contributed by atoms with Gasteiger partial charge >= 0.3 is 0 Å². The molecule has 1 heterocycles. The number of nitrogens with zero attached hydrogens (tertiary/aromatic N) is 1. The molecule has 2 amide bonds. The Morgan fingerprint density at radius 3 is 2.56 bits per heavy atom. The number of likely N-dealkylation sites (N-methyl/N-ethyl adjacent to an activating group) is 1. The van der Waals surface area contributed by atoms with Gasteiger partial charge in [-0.05, 0) is 48.0 Å². The van der Waals surface area contributed by atoms with Crippen LogP contribution in [0.3, 0.4) is 0 Å². The molecular formula is C22H18N2O3. The Bertz CT molecular complexity index is 1020. The van der Waals surface area contributed by atoms with Crippen molar-refractivity contribution in [2.24, 2.45) is 0 Å². The number of carbonyl (C=O) groups excluding carboxylic acids is 2. The zero-order valence-electron chi connectivity index (χ0n) is 14.8. The fourth-order valence-corrected chi connectivity index (χ4v) is 3.11. The number of anilines is 2. The van der Waals surface area contributed by atoms with Crippen LogP contribution in [0.2, 0.25) is 0 Å². The summed E-state index contributed by atoms with van der Waals surface area (Å²) in [5.74, 6) is 0.934. The highest BCUT2D eigenvalue weighted by molar-refractivity contribution is 6.07. The van der Waals surface area contributed by atoms with Crippen LogP contribution in [0.1, 0.15) is 15.9 Å². The highest BCUT2D eigenvalue weighted by Crippen LogP contribution is 2.31. The van der Waals surface area contributed by atoms with Gasteiger partial charge in [0, 0.05) is 18.4 Å². The van der Waals surface area contributed by atoms with E-state index >= 15 is 0 Å². The fraction of sp³-hybridized carbons (Fsp3) is 0.0909. The normalized spacial score (nSPS) is 12.6. The molecule has 0 atom stereocenters. The Balaban J connectivity index is 1.56. The second kappa shape index (κ2) is 6.96. The molecule has 0 saturated heterocycles. The second-order valence-corrected chi connectivity index (χ2v) is 6.34. The van der Waals surface area contributed by atoms with Crippen molar-refractivity contribution in [3.63, 3.8) is 0 Å². The van der Waals surface area contributed by atoms with Gasteiger partial charge in [0.1, 0.15) is 11.5 Å². The third-order valence-corrected chi connectivity index (χ3v) is 4.52. The van der Waals surface area contributed by atoms with Gasteiger partial charge in [-0.3, -0.25) is 9.59 Å². The number of para-hydroxylation sites is 2. The molecule has 0 radical (unpaired) electrons. The largest absolute Gasteiger partial charge is 0.457 e. The molecule has 0 fully saturated rings. The van der Waals surface area contributed by atoms with Crippen LogP contribution in [0.4, 0.5) is 11.4 Å². The van der Waals surface area contributed by atoms with E-state index in [-0.39, 0.29) is 11.8 Å². The Morgan fingerprint density at radius 2 is 1.74 bits per heavy atom. The third kappa shape index (κ3) is 3.40. The van der Waals surface area contributed by atoms with E-state index in [0.717, 1.165) is 11.3 Å². The molecule has 0 aromatic heterocycles. The topological polar surface area (TPSA) is 58.6 Å². The fourth-order valence-electron chi connectivity index (χ4n) is 3.11. The van der Waals surface area contributed by atoms with E-state index in [2.05, 4.69) is 5.32 Å². The molecule has 134 valence electrons. The average molecular weight is 358 g/mol. The van der Waals surface area contributed by atoms with Crippen molar-refractivity contribution in [3.8, 4) is 11.5 Å². The van der Waals surface area contributed by atoms with Gasteiger partial charge in [0.2, 0.25) is 5.91 Å². The van der Waals surface area contributed by atoms with Crippen molar-refractivity contribution < 1.29 is 14.3 Å². The second-order valence-electron chi connectivity index (χ2n) is 6.34. The van der Waals surface area contributed by atoms with Gasteiger partial charge in [0.25, 0.3) is 5.91 Å². The monoisotopic (exact) mass is 358 g/mol. The molecule has 4 rings (SSSR count). The minimum atomic E-state index is -0.265. The van der Waals surface area contributed by atoms with Gasteiger partial charge < -0.3 is 15.0 Å². The Hall–Kier alpha value is -3.60. The van der Waals surface area contributed by atoms with Gasteiger partial charge in [-0.1, -0.05) is 30.3 Å². The summed E-state index contributed by atoms with van der Waals surface area (Å²) in [6, 6.07) is 21.9. The first kappa shape index (κ1) is 16.8. The van der Waals surface area contributed by atoms with E-state index in [4.69, 9.17) is 4.74 Å². The van der Waals surface area contributed by atoms with E-state index in [1.54, 1.807) is 36.2 Å². The highest BCUT2D eigenvalue weighted by Gasteiger charge is 2.24. The number of hydrogen-bond acceptors (Lipinski definition) is 3. The molecule has 1 aliphatic rings. The maximum Gasteiger partial charge on any atom is 0.259 e. The van der Waals surface area contributed by atoms with Crippen LogP contribution < -0.4 is 15.0 Å². The third-order valence-electron chi connectivity index (χ3n) is 4.52. The molecule has 0 saturated carbocycles. The summed E-state index contributed by atoms with van der Waals surface area (Å²) in [6.45, 7) is 0. The molecule has 1 N–H and O–H groups in total. The molecule has 3 aromatic rings. The lowest BCUT2D eigenvalue weighted by Crippen LogP contribution is -2.20. The number of ether oxygens (including phenoxy) is 1. The SMILES string of the molecule is CN1C(=O)Cc2cc(NC(=O)c3ccccc3Oc3ccccc3)ccc21. The van der Waals surface area contributed by atoms with Gasteiger partial charge in [-0.2, -0.15) is 0 Å². The lowest BCUT2D eigenvalue weighted by molar-refractivity contribution is -0.117. The number of amides is 2. The summed E-state index contributed by atoms with van der Waals surface area (Å²) in [6.07, 6.45) is 0.350. The zero-order valence-corrected chi connectivity index (χ0v) is 14.8. The number of nitrogens with one attached hydrogen (secondary N) is 1. The average Bonchev–Trinajstić information content (AvgIpc) is 2.96. The molecule has 5 heteroatoms. The maximum absolute atomic E-state index is 12.8. The molecule has 27 heavy (non-hydrogen) atoms. The zero-order chi connectivity index (χ0) is 18.8. The molecule has 0 aliphatic carbocycles. The quantitative estimate of drug-likeness (QED) is 0.758. The van der Waals surface area contributed by atoms with E-state index < -0.39 is 0 Å². The molecule has 0 spiro atoms. The minimum absolute atomic E-state index is 0.0510. The molecular weight excluding hydrogens is 340 g/mol. The summed E-state index contributed by atoms with van der Waals surface area (Å²) in [4.78, 5) is 26.2.